The van der Waals surface area contributed by atoms with Crippen LogP contribution in [-0.2, 0) is 14.3 Å². The van der Waals surface area contributed by atoms with Gasteiger partial charge in [-0.15, -0.1) is 0 Å². The van der Waals surface area contributed by atoms with Gasteiger partial charge in [0.2, 0.25) is 0 Å². The average Bonchev–Trinajstić information content (AvgIpc) is 2.39. The smallest absolute Gasteiger partial charge is 0.410 e. The maximum atomic E-state index is 11.8. The Bertz CT molecular complexity index is 297. The van der Waals surface area contributed by atoms with Gasteiger partial charge in [-0.1, -0.05) is 0 Å². The van der Waals surface area contributed by atoms with Gasteiger partial charge >= 0.3 is 12.1 Å². The Morgan fingerprint density at radius 1 is 1.41 bits per heavy atom. The second kappa shape index (κ2) is 5.35. The minimum absolute atomic E-state index is 0.129. The lowest BCUT2D eigenvalue weighted by molar-refractivity contribution is -0.143. The molecule has 0 unspecified atom stereocenters. The second-order valence-corrected chi connectivity index (χ2v) is 5.04. The number of carbonyl (C=O) groups is 2. The highest BCUT2D eigenvalue weighted by Gasteiger charge is 2.29. The summed E-state index contributed by atoms with van der Waals surface area (Å²) in [4.78, 5) is 24.1. The molecule has 1 saturated heterocycles. The van der Waals surface area contributed by atoms with E-state index in [1.165, 1.54) is 4.90 Å². The van der Waals surface area contributed by atoms with E-state index >= 15 is 0 Å². The highest BCUT2D eigenvalue weighted by molar-refractivity contribution is 5.73. The lowest BCUT2D eigenvalue weighted by atomic mass is 10.1. The molecule has 0 aromatic heterocycles. The molecule has 0 radical (unpaired) electrons. The van der Waals surface area contributed by atoms with E-state index in [0.29, 0.717) is 13.2 Å². The van der Waals surface area contributed by atoms with E-state index in [4.69, 9.17) is 14.6 Å². The minimum atomic E-state index is -0.958. The summed E-state index contributed by atoms with van der Waals surface area (Å²) in [6.07, 6.45) is -0.491. The van der Waals surface area contributed by atoms with E-state index in [1.807, 2.05) is 0 Å². The minimum Gasteiger partial charge on any atom is -0.481 e. The fourth-order valence-electron chi connectivity index (χ4n) is 1.45. The lowest BCUT2D eigenvalue weighted by Crippen LogP contribution is -2.41. The Kier molecular flexibility index (Phi) is 4.34. The molecule has 0 aromatic carbocycles. The van der Waals surface area contributed by atoms with Gasteiger partial charge in [0.05, 0.1) is 19.1 Å². The van der Waals surface area contributed by atoms with Crippen LogP contribution < -0.4 is 0 Å². The van der Waals surface area contributed by atoms with Crippen LogP contribution in [-0.4, -0.2) is 54.0 Å². The first-order valence-corrected chi connectivity index (χ1v) is 5.58. The zero-order chi connectivity index (χ0) is 13.1. The number of carboxylic acid groups (broad SMARTS) is 1. The third-order valence-electron chi connectivity index (χ3n) is 2.27. The molecule has 0 bridgehead atoms. The van der Waals surface area contributed by atoms with Crippen LogP contribution in [0.1, 0.15) is 20.8 Å². The van der Waals surface area contributed by atoms with Crippen LogP contribution in [0.2, 0.25) is 0 Å². The van der Waals surface area contributed by atoms with Crippen LogP contribution in [0, 0.1) is 5.92 Å². The van der Waals surface area contributed by atoms with Crippen molar-refractivity contribution in [2.24, 2.45) is 5.92 Å². The molecule has 1 amide bonds. The van der Waals surface area contributed by atoms with Crippen molar-refractivity contribution in [2.45, 2.75) is 26.4 Å². The third kappa shape index (κ3) is 4.60. The topological polar surface area (TPSA) is 76.1 Å². The van der Waals surface area contributed by atoms with Crippen LogP contribution in [0.3, 0.4) is 0 Å². The van der Waals surface area contributed by atoms with Crippen molar-refractivity contribution in [3.8, 4) is 0 Å². The van der Waals surface area contributed by atoms with Gasteiger partial charge in [0, 0.05) is 13.1 Å². The summed E-state index contributed by atoms with van der Waals surface area (Å²) in [5, 5.41) is 8.94. The van der Waals surface area contributed by atoms with Gasteiger partial charge in [-0.25, -0.2) is 4.79 Å². The van der Waals surface area contributed by atoms with Gasteiger partial charge < -0.3 is 19.5 Å². The molecule has 1 heterocycles. The van der Waals surface area contributed by atoms with Crippen LogP contribution in [0.5, 0.6) is 0 Å². The van der Waals surface area contributed by atoms with E-state index in [1.54, 1.807) is 20.8 Å². The van der Waals surface area contributed by atoms with Crippen LogP contribution in [0.4, 0.5) is 4.79 Å². The Labute approximate surface area is 100 Å². The van der Waals surface area contributed by atoms with Crippen LogP contribution in [0.25, 0.3) is 0 Å². The second-order valence-electron chi connectivity index (χ2n) is 5.04. The highest BCUT2D eigenvalue weighted by Crippen LogP contribution is 2.13. The predicted octanol–water partition coefficient (Wildman–Crippen LogP) is 0.954. The lowest BCUT2D eigenvalue weighted by Gasteiger charge is -2.26. The number of nitrogens with zero attached hydrogens (tertiary/aromatic N) is 1. The monoisotopic (exact) mass is 245 g/mol. The first kappa shape index (κ1) is 13.8. The Hall–Kier alpha value is -1.30. The van der Waals surface area contributed by atoms with Gasteiger partial charge in [-0.05, 0) is 20.8 Å². The molecule has 0 saturated carbocycles. The van der Waals surface area contributed by atoms with Crippen molar-refractivity contribution in [1.82, 2.24) is 4.90 Å². The first-order valence-electron chi connectivity index (χ1n) is 5.58. The van der Waals surface area contributed by atoms with Gasteiger partial charge in [-0.2, -0.15) is 0 Å². The SMILES string of the molecule is CC(C)(C)OC(=O)N1CCOC[C@@H](C(=O)O)C1. The molecule has 1 rings (SSSR count). The number of ether oxygens (including phenoxy) is 2. The van der Waals surface area contributed by atoms with E-state index < -0.39 is 23.6 Å². The fraction of sp³-hybridized carbons (Fsp3) is 0.818. The van der Waals surface area contributed by atoms with E-state index in [9.17, 15) is 9.59 Å². The molecule has 1 N–H and O–H groups in total. The van der Waals surface area contributed by atoms with Crippen LogP contribution in [0.15, 0.2) is 0 Å². The molecule has 6 nitrogen and oxygen atoms in total. The van der Waals surface area contributed by atoms with Gasteiger partial charge in [0.1, 0.15) is 5.60 Å². The number of carbonyl (C=O) groups excluding carboxylic acids is 1. The number of carboxylic acids is 1. The van der Waals surface area contributed by atoms with E-state index in [2.05, 4.69) is 0 Å². The van der Waals surface area contributed by atoms with Crippen molar-refractivity contribution in [1.29, 1.82) is 0 Å². The van der Waals surface area contributed by atoms with E-state index in [-0.39, 0.29) is 13.2 Å². The summed E-state index contributed by atoms with van der Waals surface area (Å²) in [5.41, 5.74) is -0.580. The maximum Gasteiger partial charge on any atom is 0.410 e. The Morgan fingerprint density at radius 3 is 2.59 bits per heavy atom. The summed E-state index contributed by atoms with van der Waals surface area (Å²) in [6.45, 7) is 6.27. The van der Waals surface area contributed by atoms with E-state index in [0.717, 1.165) is 0 Å². The summed E-state index contributed by atoms with van der Waals surface area (Å²) in [5.74, 6) is -1.65. The van der Waals surface area contributed by atoms with Gasteiger partial charge in [0.25, 0.3) is 0 Å². The molecule has 0 aromatic rings. The molecule has 1 fully saturated rings. The number of rotatable bonds is 1. The molecular formula is C11H19NO5. The first-order chi connectivity index (χ1) is 7.79. The predicted molar refractivity (Wildman–Crippen MR) is 59.8 cm³/mol. The highest BCUT2D eigenvalue weighted by atomic mass is 16.6. The Morgan fingerprint density at radius 2 is 2.06 bits per heavy atom. The molecule has 0 spiro atoms. The Balaban J connectivity index is 2.62. The summed E-state index contributed by atoms with van der Waals surface area (Å²) < 4.78 is 10.3. The van der Waals surface area contributed by atoms with Gasteiger partial charge in [-0.3, -0.25) is 4.79 Å². The number of hydrogen-bond donors (Lipinski definition) is 1. The largest absolute Gasteiger partial charge is 0.481 e. The molecule has 0 aliphatic carbocycles. The average molecular weight is 245 g/mol. The van der Waals surface area contributed by atoms with Crippen molar-refractivity contribution < 1.29 is 24.2 Å². The molecule has 1 atom stereocenters. The summed E-state index contributed by atoms with van der Waals surface area (Å²) in [7, 11) is 0. The summed E-state index contributed by atoms with van der Waals surface area (Å²) in [6, 6.07) is 0. The maximum absolute atomic E-state index is 11.8. The van der Waals surface area contributed by atoms with Gasteiger partial charge in [0.15, 0.2) is 0 Å². The summed E-state index contributed by atoms with van der Waals surface area (Å²) >= 11 is 0. The van der Waals surface area contributed by atoms with Crippen molar-refractivity contribution in [3.63, 3.8) is 0 Å². The zero-order valence-electron chi connectivity index (χ0n) is 10.4. The number of aliphatic carboxylic acids is 1. The third-order valence-corrected chi connectivity index (χ3v) is 2.27. The molecule has 17 heavy (non-hydrogen) atoms. The molecule has 1 aliphatic rings. The van der Waals surface area contributed by atoms with Crippen molar-refractivity contribution in [2.75, 3.05) is 26.3 Å². The quantitative estimate of drug-likeness (QED) is 0.744. The van der Waals surface area contributed by atoms with Crippen molar-refractivity contribution in [3.05, 3.63) is 0 Å². The zero-order valence-corrected chi connectivity index (χ0v) is 10.4. The standard InChI is InChI=1S/C11H19NO5/c1-11(2,3)17-10(15)12-4-5-16-7-8(6-12)9(13)14/h8H,4-7H2,1-3H3,(H,13,14)/t8-/m0/s1. The number of hydrogen-bond acceptors (Lipinski definition) is 4. The van der Waals surface area contributed by atoms with Crippen LogP contribution >= 0.6 is 0 Å². The fourth-order valence-corrected chi connectivity index (χ4v) is 1.45. The number of amides is 1. The molecule has 98 valence electrons. The van der Waals surface area contributed by atoms with Crippen molar-refractivity contribution >= 4 is 12.1 Å². The molecular weight excluding hydrogens is 226 g/mol. The normalized spacial score (nSPS) is 21.8. The molecule has 6 heteroatoms. The molecule has 1 aliphatic heterocycles.